The Bertz CT molecular complexity index is 257. The molecule has 0 amide bonds. The Balaban J connectivity index is 0. The summed E-state index contributed by atoms with van der Waals surface area (Å²) in [7, 11) is 0. The van der Waals surface area contributed by atoms with Gasteiger partial charge in [0.25, 0.3) is 0 Å². The Labute approximate surface area is 140 Å². The minimum Gasteiger partial charge on any atom is -0.309 e. The van der Waals surface area contributed by atoms with Crippen LogP contribution in [0.4, 0.5) is 0 Å². The third-order valence-electron chi connectivity index (χ3n) is 1.35. The molecule has 106 valence electrons. The zero-order valence-electron chi connectivity index (χ0n) is 11.3. The van der Waals surface area contributed by atoms with Crippen LogP contribution in [0, 0.1) is 0 Å². The van der Waals surface area contributed by atoms with Gasteiger partial charge < -0.3 is 18.1 Å². The van der Waals surface area contributed by atoms with E-state index >= 15 is 0 Å². The molecule has 0 spiro atoms. The van der Waals surface area contributed by atoms with Gasteiger partial charge >= 0.3 is 13.4 Å². The molecule has 0 aromatic carbocycles. The molecule has 18 heavy (non-hydrogen) atoms. The first kappa shape index (κ1) is 22.3. The van der Waals surface area contributed by atoms with Crippen molar-refractivity contribution in [1.29, 1.82) is 0 Å². The third kappa shape index (κ3) is 9.05. The fraction of sp³-hybridized carbons (Fsp3) is 1.00. The van der Waals surface area contributed by atoms with Crippen molar-refractivity contribution in [3.8, 4) is 0 Å². The molecule has 0 aromatic heterocycles. The van der Waals surface area contributed by atoms with Crippen LogP contribution in [0.2, 0.25) is 0 Å². The second kappa shape index (κ2) is 11.7. The number of hydrogen-bond acceptors (Lipinski definition) is 7. The van der Waals surface area contributed by atoms with Gasteiger partial charge in [0.05, 0.1) is 26.4 Å². The van der Waals surface area contributed by atoms with Gasteiger partial charge in [-0.15, -0.1) is 0 Å². The zero-order valence-corrected chi connectivity index (χ0v) is 18.7. The molecule has 0 radical (unpaired) electrons. The molecule has 0 saturated carbocycles. The van der Waals surface area contributed by atoms with Crippen molar-refractivity contribution < 1.29 is 49.7 Å². The molecule has 10 heteroatoms. The van der Waals surface area contributed by atoms with Crippen LogP contribution in [0.3, 0.4) is 0 Å². The fourth-order valence-corrected chi connectivity index (χ4v) is 7.30. The van der Waals surface area contributed by atoms with Gasteiger partial charge in [-0.1, -0.05) is 0 Å². The van der Waals surface area contributed by atoms with Crippen LogP contribution >= 0.6 is 13.4 Å². The Morgan fingerprint density at radius 3 is 1.06 bits per heavy atom. The van der Waals surface area contributed by atoms with Gasteiger partial charge in [0, 0.05) is 27.3 Å². The van der Waals surface area contributed by atoms with E-state index in [9.17, 15) is 0 Å². The van der Waals surface area contributed by atoms with Gasteiger partial charge in [0.1, 0.15) is 0 Å². The van der Waals surface area contributed by atoms with E-state index in [2.05, 4.69) is 0 Å². The Morgan fingerprint density at radius 2 is 0.889 bits per heavy atom. The van der Waals surface area contributed by atoms with E-state index in [1.54, 1.807) is 0 Å². The molecule has 5 nitrogen and oxygen atoms in total. The monoisotopic (exact) mass is 436 g/mol. The average molecular weight is 435 g/mol. The van der Waals surface area contributed by atoms with Gasteiger partial charge in [-0.3, -0.25) is 0 Å². The van der Waals surface area contributed by atoms with E-state index in [1.165, 1.54) is 0 Å². The summed E-state index contributed by atoms with van der Waals surface area (Å²) in [5.74, 6) is 0. The van der Waals surface area contributed by atoms with Crippen LogP contribution < -0.4 is 0 Å². The summed E-state index contributed by atoms with van der Waals surface area (Å²) < 4.78 is 26.9. The largest absolute Gasteiger partial charge is 0.334 e. The topological polar surface area (TPSA) is 46.2 Å². The maximum absolute atomic E-state index is 5.55. The molecule has 0 rings (SSSR count). The molecule has 0 aromatic rings. The van der Waals surface area contributed by atoms with Crippen molar-refractivity contribution in [2.45, 2.75) is 27.7 Å². The quantitative estimate of drug-likeness (QED) is 0.384. The van der Waals surface area contributed by atoms with Crippen molar-refractivity contribution >= 4 is 37.1 Å². The van der Waals surface area contributed by atoms with Crippen molar-refractivity contribution in [3.63, 3.8) is 0 Å². The minimum atomic E-state index is -2.87. The van der Waals surface area contributed by atoms with Crippen LogP contribution in [-0.4, -0.2) is 26.4 Å². The van der Waals surface area contributed by atoms with E-state index in [0.29, 0.717) is 26.4 Å². The maximum atomic E-state index is 5.55. The molecule has 0 fully saturated rings. The van der Waals surface area contributed by atoms with Crippen molar-refractivity contribution in [2.75, 3.05) is 26.4 Å². The summed E-state index contributed by atoms with van der Waals surface area (Å²) in [5.41, 5.74) is 0. The van der Waals surface area contributed by atoms with Gasteiger partial charge in [-0.05, 0) is 51.3 Å². The maximum Gasteiger partial charge on any atom is 0.334 e. The molecule has 0 bridgehead atoms. The zero-order chi connectivity index (χ0) is 13.4. The summed E-state index contributed by atoms with van der Waals surface area (Å²) in [4.78, 5) is 0. The second-order valence-corrected chi connectivity index (χ2v) is 8.81. The Morgan fingerprint density at radius 1 is 0.667 bits per heavy atom. The molecule has 0 aliphatic heterocycles. The van der Waals surface area contributed by atoms with Gasteiger partial charge in [0.2, 0.25) is 0 Å². The van der Waals surface area contributed by atoms with E-state index < -0.39 is 13.4 Å². The standard InChI is InChI=1S/C8H20O5P2S2.Cd/c1-5-9-14(16,10-6-2)13-15(17,11-7-3)12-8-4;/h5-8H2,1-4H3;. The molecule has 0 saturated heterocycles. The molecular formula is C8H20CdO5P2S2. The first-order chi connectivity index (χ1) is 7.95. The predicted molar refractivity (Wildman–Crippen MR) is 76.2 cm³/mol. The molecule has 0 aliphatic rings. The minimum absolute atomic E-state index is 0. The molecule has 0 unspecified atom stereocenters. The summed E-state index contributed by atoms with van der Waals surface area (Å²) in [5, 5.41) is 0. The van der Waals surface area contributed by atoms with Crippen LogP contribution in [0.25, 0.3) is 0 Å². The van der Waals surface area contributed by atoms with Crippen LogP contribution in [-0.2, 0) is 73.3 Å². The molecule has 0 aliphatic carbocycles. The van der Waals surface area contributed by atoms with E-state index in [4.69, 9.17) is 46.0 Å². The van der Waals surface area contributed by atoms with Crippen LogP contribution in [0.5, 0.6) is 0 Å². The van der Waals surface area contributed by atoms with E-state index in [0.717, 1.165) is 0 Å². The van der Waals surface area contributed by atoms with Crippen molar-refractivity contribution in [2.24, 2.45) is 0 Å². The van der Waals surface area contributed by atoms with Gasteiger partial charge in [-0.25, -0.2) is 4.31 Å². The summed E-state index contributed by atoms with van der Waals surface area (Å²) in [6.45, 7) is 3.09. The molecule has 0 heterocycles. The average Bonchev–Trinajstić information content (AvgIpc) is 2.17. The summed E-state index contributed by atoms with van der Waals surface area (Å²) in [6.07, 6.45) is 0. The molecule has 0 N–H and O–H groups in total. The Hall–Kier alpha value is 2.02. The van der Waals surface area contributed by atoms with Crippen LogP contribution in [0.15, 0.2) is 0 Å². The van der Waals surface area contributed by atoms with Crippen LogP contribution in [0.1, 0.15) is 27.7 Å². The summed E-state index contributed by atoms with van der Waals surface area (Å²) in [6, 6.07) is 0. The first-order valence-electron chi connectivity index (χ1n) is 5.44. The Kier molecular flexibility index (Phi) is 14.4. The summed E-state index contributed by atoms with van der Waals surface area (Å²) >= 11 is 10.4. The smallest absolute Gasteiger partial charge is 0.309 e. The van der Waals surface area contributed by atoms with Gasteiger partial charge in [-0.2, -0.15) is 0 Å². The third-order valence-corrected chi connectivity index (χ3v) is 7.71. The van der Waals surface area contributed by atoms with E-state index in [1.807, 2.05) is 27.7 Å². The van der Waals surface area contributed by atoms with Gasteiger partial charge in [0.15, 0.2) is 0 Å². The number of rotatable bonds is 10. The number of hydrogen-bond donors (Lipinski definition) is 0. The van der Waals surface area contributed by atoms with E-state index in [-0.39, 0.29) is 27.3 Å². The SMILES string of the molecule is CCOP(=S)(OCC)OP(=S)(OCC)OCC.[Cd]. The first-order valence-corrected chi connectivity index (χ1v) is 10.6. The van der Waals surface area contributed by atoms with Crippen molar-refractivity contribution in [3.05, 3.63) is 0 Å². The second-order valence-electron chi connectivity index (χ2n) is 2.65. The van der Waals surface area contributed by atoms with Crippen molar-refractivity contribution in [1.82, 2.24) is 0 Å². The normalized spacial score (nSPS) is 12.2. The fourth-order valence-electron chi connectivity index (χ4n) is 0.924. The molecule has 0 atom stereocenters. The predicted octanol–water partition coefficient (Wildman–Crippen LogP) is 3.60. The molecular weight excluding hydrogens is 415 g/mol.